The number of rotatable bonds is 10. The van der Waals surface area contributed by atoms with Gasteiger partial charge in [-0.3, -0.25) is 9.79 Å². The molecule has 7 nitrogen and oxygen atoms in total. The van der Waals surface area contributed by atoms with Crippen molar-refractivity contribution in [2.45, 2.75) is 33.6 Å². The molecule has 0 saturated heterocycles. The molecule has 1 heterocycles. The Bertz CT molecular complexity index is 773. The van der Waals surface area contributed by atoms with E-state index >= 15 is 0 Å². The van der Waals surface area contributed by atoms with Gasteiger partial charge in [0, 0.05) is 30.9 Å². The molecule has 0 saturated carbocycles. The zero-order valence-corrected chi connectivity index (χ0v) is 20.3. The Kier molecular flexibility index (Phi) is 11.6. The number of carbonyl (C=O) groups excluding carboxylic acids is 1. The third-order valence-corrected chi connectivity index (χ3v) is 5.16. The summed E-state index contributed by atoms with van der Waals surface area (Å²) >= 11 is 1.74. The number of hydrogen-bond acceptors (Lipinski definition) is 5. The summed E-state index contributed by atoms with van der Waals surface area (Å²) in [5.74, 6) is 0.968. The van der Waals surface area contributed by atoms with E-state index in [4.69, 9.17) is 10.5 Å². The van der Waals surface area contributed by atoms with Crippen LogP contribution >= 0.6 is 35.3 Å². The predicted octanol–water partition coefficient (Wildman–Crippen LogP) is 2.58. The van der Waals surface area contributed by atoms with Gasteiger partial charge in [-0.15, -0.1) is 35.3 Å². The number of nitrogens with one attached hydrogen (secondary N) is 2. The maximum Gasteiger partial charge on any atom is 0.255 e. The van der Waals surface area contributed by atoms with Crippen molar-refractivity contribution >= 4 is 47.2 Å². The first-order chi connectivity index (χ1) is 13.5. The molecule has 9 heteroatoms. The SMILES string of the molecule is CCNC(=NCCc1nc(C)c(C)s1)NCCc1ccc(OCC(N)=O)cc1.I. The van der Waals surface area contributed by atoms with Gasteiger partial charge in [-0.1, -0.05) is 12.1 Å². The number of thiazole rings is 1. The summed E-state index contributed by atoms with van der Waals surface area (Å²) < 4.78 is 5.26. The smallest absolute Gasteiger partial charge is 0.255 e. The zero-order chi connectivity index (χ0) is 20.4. The summed E-state index contributed by atoms with van der Waals surface area (Å²) in [6.07, 6.45) is 1.70. The maximum atomic E-state index is 10.7. The van der Waals surface area contributed by atoms with Gasteiger partial charge in [-0.25, -0.2) is 4.98 Å². The number of nitrogens with two attached hydrogens (primary N) is 1. The molecule has 0 fully saturated rings. The second-order valence-electron chi connectivity index (χ2n) is 6.34. The fraction of sp³-hybridized carbons (Fsp3) is 0.450. The van der Waals surface area contributed by atoms with E-state index in [-0.39, 0.29) is 30.6 Å². The number of aliphatic imine (C=N–C) groups is 1. The summed E-state index contributed by atoms with van der Waals surface area (Å²) in [6.45, 7) is 8.37. The van der Waals surface area contributed by atoms with Gasteiger partial charge < -0.3 is 21.1 Å². The zero-order valence-electron chi connectivity index (χ0n) is 17.2. The molecule has 1 aromatic heterocycles. The lowest BCUT2D eigenvalue weighted by molar-refractivity contribution is -0.119. The Hall–Kier alpha value is -1.88. The van der Waals surface area contributed by atoms with Gasteiger partial charge in [0.1, 0.15) is 5.75 Å². The number of benzene rings is 1. The van der Waals surface area contributed by atoms with E-state index in [1.165, 1.54) is 10.4 Å². The Balaban J connectivity index is 0.00000420. The van der Waals surface area contributed by atoms with Crippen LogP contribution in [0.1, 0.15) is 28.1 Å². The van der Waals surface area contributed by atoms with Crippen molar-refractivity contribution in [1.29, 1.82) is 0 Å². The van der Waals surface area contributed by atoms with E-state index < -0.39 is 5.91 Å². The number of ether oxygens (including phenoxy) is 1. The van der Waals surface area contributed by atoms with E-state index in [2.05, 4.69) is 34.5 Å². The quantitative estimate of drug-likeness (QED) is 0.249. The highest BCUT2D eigenvalue weighted by molar-refractivity contribution is 14.0. The van der Waals surface area contributed by atoms with Gasteiger partial charge in [-0.2, -0.15) is 0 Å². The second-order valence-corrected chi connectivity index (χ2v) is 7.62. The lowest BCUT2D eigenvalue weighted by Crippen LogP contribution is -2.38. The minimum absolute atomic E-state index is 0. The molecule has 0 bridgehead atoms. The summed E-state index contributed by atoms with van der Waals surface area (Å²) in [5, 5.41) is 7.76. The third kappa shape index (κ3) is 9.44. The number of primary amides is 1. The van der Waals surface area contributed by atoms with E-state index in [9.17, 15) is 4.79 Å². The molecule has 0 aliphatic heterocycles. The summed E-state index contributed by atoms with van der Waals surface area (Å²) in [4.78, 5) is 21.2. The molecule has 1 aromatic carbocycles. The average Bonchev–Trinajstić information content (AvgIpc) is 2.98. The van der Waals surface area contributed by atoms with Crippen LogP contribution in [0.25, 0.3) is 0 Å². The van der Waals surface area contributed by atoms with Gasteiger partial charge >= 0.3 is 0 Å². The minimum Gasteiger partial charge on any atom is -0.484 e. The van der Waals surface area contributed by atoms with Crippen LogP contribution in [0.4, 0.5) is 0 Å². The van der Waals surface area contributed by atoms with Crippen molar-refractivity contribution < 1.29 is 9.53 Å². The highest BCUT2D eigenvalue weighted by atomic mass is 127. The second kappa shape index (κ2) is 13.4. The molecule has 4 N–H and O–H groups in total. The van der Waals surface area contributed by atoms with Crippen LogP contribution in [0.5, 0.6) is 5.75 Å². The molecule has 160 valence electrons. The largest absolute Gasteiger partial charge is 0.484 e. The molecule has 2 rings (SSSR count). The molecular weight excluding hydrogens is 501 g/mol. The highest BCUT2D eigenvalue weighted by Crippen LogP contribution is 2.16. The van der Waals surface area contributed by atoms with E-state index in [0.717, 1.165) is 42.6 Å². The van der Waals surface area contributed by atoms with Crippen molar-refractivity contribution in [2.75, 3.05) is 26.2 Å². The maximum absolute atomic E-state index is 10.7. The Morgan fingerprint density at radius 2 is 1.93 bits per heavy atom. The molecule has 1 amide bonds. The van der Waals surface area contributed by atoms with Crippen LogP contribution in [-0.2, 0) is 17.6 Å². The molecular formula is C20H30IN5O2S. The molecule has 2 aromatic rings. The molecule has 0 spiro atoms. The normalized spacial score (nSPS) is 10.9. The van der Waals surface area contributed by atoms with E-state index in [0.29, 0.717) is 12.3 Å². The van der Waals surface area contributed by atoms with Gasteiger partial charge in [0.15, 0.2) is 12.6 Å². The predicted molar refractivity (Wildman–Crippen MR) is 130 cm³/mol. The van der Waals surface area contributed by atoms with E-state index in [1.54, 1.807) is 11.3 Å². The van der Waals surface area contributed by atoms with Gasteiger partial charge in [-0.05, 0) is 44.9 Å². The fourth-order valence-electron chi connectivity index (χ4n) is 2.48. The Morgan fingerprint density at radius 1 is 1.21 bits per heavy atom. The van der Waals surface area contributed by atoms with Crippen LogP contribution in [-0.4, -0.2) is 43.1 Å². The third-order valence-electron chi connectivity index (χ3n) is 4.02. The number of halogens is 1. The van der Waals surface area contributed by atoms with Gasteiger partial charge in [0.05, 0.1) is 10.7 Å². The average molecular weight is 531 g/mol. The molecule has 0 atom stereocenters. The first-order valence-electron chi connectivity index (χ1n) is 9.43. The number of amides is 1. The lowest BCUT2D eigenvalue weighted by atomic mass is 10.1. The summed E-state index contributed by atoms with van der Waals surface area (Å²) in [5.41, 5.74) is 7.35. The standard InChI is InChI=1S/C20H29N5O2S.HI/c1-4-22-20(24-12-10-19-25-14(2)15(3)28-19)23-11-9-16-5-7-17(8-6-16)27-13-18(21)26;/h5-8H,4,9-13H2,1-3H3,(H2,21,26)(H2,22,23,24);1H. The molecule has 0 unspecified atom stereocenters. The lowest BCUT2D eigenvalue weighted by Gasteiger charge is -2.11. The van der Waals surface area contributed by atoms with Gasteiger partial charge in [0.2, 0.25) is 0 Å². The van der Waals surface area contributed by atoms with Crippen molar-refractivity contribution in [3.8, 4) is 5.75 Å². The van der Waals surface area contributed by atoms with Crippen LogP contribution in [0, 0.1) is 13.8 Å². The van der Waals surface area contributed by atoms with Crippen LogP contribution in [0.15, 0.2) is 29.3 Å². The van der Waals surface area contributed by atoms with Crippen molar-refractivity contribution in [3.63, 3.8) is 0 Å². The summed E-state index contributed by atoms with van der Waals surface area (Å²) in [7, 11) is 0. The Labute approximate surface area is 193 Å². The highest BCUT2D eigenvalue weighted by Gasteiger charge is 2.04. The number of carbonyl (C=O) groups is 1. The van der Waals surface area contributed by atoms with Crippen molar-refractivity contribution in [3.05, 3.63) is 45.4 Å². The Morgan fingerprint density at radius 3 is 2.52 bits per heavy atom. The summed E-state index contributed by atoms with van der Waals surface area (Å²) in [6, 6.07) is 7.65. The van der Waals surface area contributed by atoms with Crippen LogP contribution in [0.3, 0.4) is 0 Å². The monoisotopic (exact) mass is 531 g/mol. The van der Waals surface area contributed by atoms with Crippen LogP contribution in [0.2, 0.25) is 0 Å². The van der Waals surface area contributed by atoms with Crippen LogP contribution < -0.4 is 21.1 Å². The topological polar surface area (TPSA) is 102 Å². The van der Waals surface area contributed by atoms with Gasteiger partial charge in [0.25, 0.3) is 5.91 Å². The number of nitrogens with zero attached hydrogens (tertiary/aromatic N) is 2. The molecule has 0 aliphatic rings. The molecule has 0 radical (unpaired) electrons. The number of aromatic nitrogens is 1. The molecule has 29 heavy (non-hydrogen) atoms. The first-order valence-corrected chi connectivity index (χ1v) is 10.2. The first kappa shape index (κ1) is 25.2. The minimum atomic E-state index is -0.483. The number of aryl methyl sites for hydroxylation is 2. The van der Waals surface area contributed by atoms with Crippen molar-refractivity contribution in [2.24, 2.45) is 10.7 Å². The number of hydrogen-bond donors (Lipinski definition) is 3. The van der Waals surface area contributed by atoms with Crippen molar-refractivity contribution in [1.82, 2.24) is 15.6 Å². The molecule has 0 aliphatic carbocycles. The fourth-order valence-corrected chi connectivity index (χ4v) is 3.41. The van der Waals surface area contributed by atoms with E-state index in [1.807, 2.05) is 31.2 Å². The number of guanidine groups is 1.